The van der Waals surface area contributed by atoms with Gasteiger partial charge < -0.3 is 27.0 Å². The number of nitrogens with zero attached hydrogens (tertiary/aromatic N) is 3. The van der Waals surface area contributed by atoms with Gasteiger partial charge in [0.15, 0.2) is 0 Å². The summed E-state index contributed by atoms with van der Waals surface area (Å²) in [5.41, 5.74) is 40.2. The van der Waals surface area contributed by atoms with Crippen LogP contribution in [0.5, 0.6) is 0 Å². The van der Waals surface area contributed by atoms with Gasteiger partial charge in [-0.1, -0.05) is 394 Å². The van der Waals surface area contributed by atoms with Crippen molar-refractivity contribution in [2.75, 3.05) is 0 Å². The Morgan fingerprint density at radius 2 is 0.326 bits per heavy atom. The quantitative estimate of drug-likeness (QED) is 0.116. The van der Waals surface area contributed by atoms with E-state index in [1.54, 1.807) is 0 Å². The third-order valence-electron chi connectivity index (χ3n) is 27.7. The number of hydrogen-bond acceptors (Lipinski definition) is 3. The zero-order valence-corrected chi connectivity index (χ0v) is 75.1. The highest BCUT2D eigenvalue weighted by atomic mass is 16.3. The van der Waals surface area contributed by atoms with Crippen LogP contribution >= 0.6 is 0 Å². The van der Waals surface area contributed by atoms with Crippen molar-refractivity contribution >= 4 is 131 Å². The number of furan rings is 3. The van der Waals surface area contributed by atoms with Crippen molar-refractivity contribution in [2.24, 2.45) is 0 Å². The maximum Gasteiger partial charge on any atom is 0.136 e. The summed E-state index contributed by atoms with van der Waals surface area (Å²) >= 11 is 0. The van der Waals surface area contributed by atoms with Crippen LogP contribution < -0.4 is 0 Å². The second kappa shape index (κ2) is 34.0. The lowest BCUT2D eigenvalue weighted by atomic mass is 9.97. The number of aromatic nitrogens is 3. The molecule has 0 fully saturated rings. The second-order valence-corrected chi connectivity index (χ2v) is 35.6. The van der Waals surface area contributed by atoms with E-state index >= 15 is 0 Å². The van der Waals surface area contributed by atoms with Crippen molar-refractivity contribution in [3.8, 4) is 128 Å². The molecule has 6 heteroatoms. The predicted molar refractivity (Wildman–Crippen MR) is 579 cm³/mol. The molecular formula is C132H85N3O3. The molecule has 22 aromatic carbocycles. The van der Waals surface area contributed by atoms with Crippen molar-refractivity contribution < 1.29 is 13.3 Å². The average molecular weight is 1760 g/mol. The molecular weight excluding hydrogens is 1680 g/mol. The van der Waals surface area contributed by atoms with Gasteiger partial charge in [-0.15, -0.1) is 0 Å². The maximum absolute atomic E-state index is 6.16. The monoisotopic (exact) mass is 1760 g/mol. The molecule has 0 N–H and O–H groups in total. The average Bonchev–Trinajstić information content (AvgIpc) is 1.77. The molecule has 646 valence electrons. The minimum absolute atomic E-state index is 0.917. The molecule has 0 aliphatic carbocycles. The highest BCUT2D eigenvalue weighted by Gasteiger charge is 2.23. The van der Waals surface area contributed by atoms with Gasteiger partial charge in [-0.3, -0.25) is 0 Å². The summed E-state index contributed by atoms with van der Waals surface area (Å²) < 4.78 is 25.6. The van der Waals surface area contributed by atoms with Gasteiger partial charge in [0.2, 0.25) is 0 Å². The zero-order chi connectivity index (χ0) is 91.1. The van der Waals surface area contributed by atoms with Gasteiger partial charge in [-0.25, -0.2) is 0 Å². The first kappa shape index (κ1) is 80.5. The van der Waals surface area contributed by atoms with E-state index in [1.807, 2.05) is 42.5 Å². The van der Waals surface area contributed by atoms with Crippen molar-refractivity contribution in [3.05, 3.63) is 516 Å². The van der Waals surface area contributed by atoms with Gasteiger partial charge >= 0.3 is 0 Å². The Kier molecular flexibility index (Phi) is 19.9. The van der Waals surface area contributed by atoms with Crippen LogP contribution in [0.4, 0.5) is 0 Å². The molecule has 6 nitrogen and oxygen atoms in total. The third kappa shape index (κ3) is 14.3. The molecule has 28 rings (SSSR count). The highest BCUT2D eigenvalue weighted by Crippen LogP contribution is 2.46. The Balaban J connectivity index is 0.000000108. The van der Waals surface area contributed by atoms with Crippen LogP contribution in [-0.4, -0.2) is 13.7 Å². The first-order valence-corrected chi connectivity index (χ1v) is 47.1. The Labute approximate surface area is 796 Å². The standard InChI is InChI=1S/2C48H31NO.C36H23NO/c1-3-10-32(11-4-1)37-24-28-41-42-29-25-38(33-12-5-2-6-13-33)31-45(42)49(44(41)30-37)39-26-22-35(23-27-39)34-18-20-36(21-19-34)40-15-9-17-47-48(40)43-14-7-8-16-46(43)50-47;1-3-10-32(11-4-1)37-24-28-44-42(30-37)43-31-38(33-12-5-2-6-13-33)25-29-45(43)49(44)39-26-22-35(23-27-39)34-18-20-36(21-19-34)40-15-9-17-47-48(40)41-14-7-8-16-46(41)50-47;1-4-12-32-29(8-1)30-9-2-5-13-33(30)37(32)27-22-20-25(21-23-27)24-16-18-26(19-17-24)28-11-7-15-35-36(28)31-10-3-6-14-34(31)38-35/h2*1-31H;1-23H. The van der Waals surface area contributed by atoms with Crippen LogP contribution in [-0.2, 0) is 0 Å². The highest BCUT2D eigenvalue weighted by molar-refractivity contribution is 6.18. The molecule has 0 saturated carbocycles. The van der Waals surface area contributed by atoms with Crippen molar-refractivity contribution in [3.63, 3.8) is 0 Å². The summed E-state index contributed by atoms with van der Waals surface area (Å²) in [6, 6.07) is 185. The number of fused-ring (bicyclic) bond motifs is 18. The van der Waals surface area contributed by atoms with Gasteiger partial charge in [0.05, 0.1) is 33.1 Å². The Morgan fingerprint density at radius 1 is 0.116 bits per heavy atom. The van der Waals surface area contributed by atoms with E-state index in [9.17, 15) is 0 Å². The minimum atomic E-state index is 0.917. The molecule has 0 aliphatic rings. The Bertz CT molecular complexity index is 9250. The smallest absolute Gasteiger partial charge is 0.136 e. The molecule has 0 bridgehead atoms. The lowest BCUT2D eigenvalue weighted by molar-refractivity contribution is 0.668. The molecule has 0 saturated heterocycles. The summed E-state index contributed by atoms with van der Waals surface area (Å²) in [7, 11) is 0. The molecule has 6 aromatic heterocycles. The third-order valence-corrected chi connectivity index (χ3v) is 27.7. The van der Waals surface area contributed by atoms with E-state index in [0.29, 0.717) is 0 Å². The second-order valence-electron chi connectivity index (χ2n) is 35.6. The fourth-order valence-corrected chi connectivity index (χ4v) is 21.0. The van der Waals surface area contributed by atoms with Crippen molar-refractivity contribution in [2.45, 2.75) is 0 Å². The summed E-state index contributed by atoms with van der Waals surface area (Å²) in [6.45, 7) is 0. The molecule has 138 heavy (non-hydrogen) atoms. The molecule has 0 unspecified atom stereocenters. The first-order valence-electron chi connectivity index (χ1n) is 47.1. The predicted octanol–water partition coefficient (Wildman–Crippen LogP) is 36.7. The summed E-state index contributed by atoms with van der Waals surface area (Å²) in [5.74, 6) is 0. The zero-order valence-electron chi connectivity index (χ0n) is 75.1. The summed E-state index contributed by atoms with van der Waals surface area (Å²) in [5, 5.41) is 14.5. The fourth-order valence-electron chi connectivity index (χ4n) is 21.0. The molecule has 0 radical (unpaired) electrons. The van der Waals surface area contributed by atoms with Gasteiger partial charge in [-0.2, -0.15) is 0 Å². The molecule has 0 amide bonds. The molecule has 0 spiro atoms. The summed E-state index contributed by atoms with van der Waals surface area (Å²) in [4.78, 5) is 0. The van der Waals surface area contributed by atoms with E-state index in [-0.39, 0.29) is 0 Å². The van der Waals surface area contributed by atoms with Crippen molar-refractivity contribution in [1.82, 2.24) is 13.7 Å². The fraction of sp³-hybridized carbons (Fsp3) is 0. The summed E-state index contributed by atoms with van der Waals surface area (Å²) in [6.07, 6.45) is 0. The number of rotatable bonds is 13. The van der Waals surface area contributed by atoms with Crippen LogP contribution in [0.25, 0.3) is 260 Å². The van der Waals surface area contributed by atoms with E-state index in [4.69, 9.17) is 13.3 Å². The van der Waals surface area contributed by atoms with Gasteiger partial charge in [0.25, 0.3) is 0 Å². The molecule has 0 aliphatic heterocycles. The Hall–Kier alpha value is -18.4. The van der Waals surface area contributed by atoms with Gasteiger partial charge in [0.1, 0.15) is 33.5 Å². The van der Waals surface area contributed by atoms with Crippen LogP contribution in [0.15, 0.2) is 529 Å². The topological polar surface area (TPSA) is 54.2 Å². The van der Waals surface area contributed by atoms with Crippen LogP contribution in [0, 0.1) is 0 Å². The largest absolute Gasteiger partial charge is 0.456 e. The minimum Gasteiger partial charge on any atom is -0.456 e. The molecule has 0 atom stereocenters. The van der Waals surface area contributed by atoms with E-state index < -0.39 is 0 Å². The molecule has 6 heterocycles. The number of hydrogen-bond donors (Lipinski definition) is 0. The van der Waals surface area contributed by atoms with Crippen molar-refractivity contribution in [1.29, 1.82) is 0 Å². The normalized spacial score (nSPS) is 11.6. The van der Waals surface area contributed by atoms with Crippen LogP contribution in [0.1, 0.15) is 0 Å². The van der Waals surface area contributed by atoms with Crippen LogP contribution in [0.3, 0.4) is 0 Å². The lowest BCUT2D eigenvalue weighted by Crippen LogP contribution is -1.94. The first-order chi connectivity index (χ1) is 68.4. The van der Waals surface area contributed by atoms with Gasteiger partial charge in [-0.05, 0) is 233 Å². The SMILES string of the molecule is c1ccc(-c2ccc3c(c2)c2cc(-c4ccccc4)ccc2n3-c2ccc(-c3ccc(-c4cccc5oc6ccccc6c45)cc3)cc2)cc1.c1ccc(-c2ccc3c4ccc(-c5ccccc5)cc4n(-c4ccc(-c5ccc(-c6cccc7oc8ccccc8c67)cc5)cc4)c3c2)cc1.c1ccc2c(c1)oc1cccc(-c3ccc(-c4ccc(-n5c6ccccc6c6ccccc65)cc4)cc3)c12. The van der Waals surface area contributed by atoms with E-state index in [2.05, 4.69) is 487 Å². The molecule has 28 aromatic rings. The van der Waals surface area contributed by atoms with Crippen LogP contribution in [0.2, 0.25) is 0 Å². The maximum atomic E-state index is 6.16. The van der Waals surface area contributed by atoms with E-state index in [1.165, 1.54) is 188 Å². The van der Waals surface area contributed by atoms with Gasteiger partial charge in [0, 0.05) is 81.7 Å². The van der Waals surface area contributed by atoms with E-state index in [0.717, 1.165) is 71.8 Å². The number of para-hydroxylation sites is 5. The lowest BCUT2D eigenvalue weighted by Gasteiger charge is -2.12. The Morgan fingerprint density at radius 3 is 0.638 bits per heavy atom. The number of benzene rings is 22.